The molecule has 0 spiro atoms. The zero-order valence-corrected chi connectivity index (χ0v) is 17.2. The number of nitrogens with one attached hydrogen (secondary N) is 1. The first-order valence-electron chi connectivity index (χ1n) is 10.3. The number of anilines is 1. The molecule has 3 aliphatic heterocycles. The summed E-state index contributed by atoms with van der Waals surface area (Å²) < 4.78 is 0. The fourth-order valence-electron chi connectivity index (χ4n) is 3.91. The molecule has 29 heavy (non-hydrogen) atoms. The number of amides is 3. The van der Waals surface area contributed by atoms with E-state index in [2.05, 4.69) is 15.2 Å². The molecule has 8 heteroatoms. The topological polar surface area (TPSA) is 82.1 Å². The molecule has 2 saturated heterocycles. The molecule has 0 bridgehead atoms. The van der Waals surface area contributed by atoms with Crippen molar-refractivity contribution in [1.82, 2.24) is 9.80 Å². The minimum absolute atomic E-state index is 0.0377. The van der Waals surface area contributed by atoms with Gasteiger partial charge in [-0.3, -0.25) is 14.4 Å². The number of thioether (sulfide) groups is 1. The highest BCUT2D eigenvalue weighted by Gasteiger charge is 2.33. The number of rotatable bonds is 4. The van der Waals surface area contributed by atoms with Crippen molar-refractivity contribution in [3.63, 3.8) is 0 Å². The number of aliphatic imine (C=N–C) groups is 1. The summed E-state index contributed by atoms with van der Waals surface area (Å²) in [5.74, 6) is -0.405. The number of hydrogen-bond acceptors (Lipinski definition) is 5. The largest absolute Gasteiger partial charge is 0.351 e. The number of hydrogen-bond donors (Lipinski definition) is 1. The van der Waals surface area contributed by atoms with Gasteiger partial charge in [-0.1, -0.05) is 11.8 Å². The lowest BCUT2D eigenvalue weighted by Crippen LogP contribution is -2.33. The van der Waals surface area contributed by atoms with Crippen LogP contribution in [0, 0.1) is 0 Å². The van der Waals surface area contributed by atoms with E-state index in [1.165, 1.54) is 18.2 Å². The average Bonchev–Trinajstić information content (AvgIpc) is 3.39. The van der Waals surface area contributed by atoms with Crippen molar-refractivity contribution in [2.75, 3.05) is 31.5 Å². The SMILES string of the molecule is O=C(CC1SC(N2CCCCC2)=NC1=O)Nc1ccc(C(=O)N2CCCC2)cc1. The van der Waals surface area contributed by atoms with Crippen LogP contribution in [0.2, 0.25) is 0 Å². The lowest BCUT2D eigenvalue weighted by Gasteiger charge is -2.27. The van der Waals surface area contributed by atoms with Gasteiger partial charge in [-0.2, -0.15) is 4.99 Å². The van der Waals surface area contributed by atoms with E-state index in [4.69, 9.17) is 0 Å². The Hall–Kier alpha value is -2.35. The van der Waals surface area contributed by atoms with Crippen LogP contribution >= 0.6 is 11.8 Å². The zero-order valence-electron chi connectivity index (χ0n) is 16.4. The van der Waals surface area contributed by atoms with Crippen LogP contribution in [0.3, 0.4) is 0 Å². The minimum Gasteiger partial charge on any atom is -0.351 e. The van der Waals surface area contributed by atoms with Crippen LogP contribution in [0.4, 0.5) is 5.69 Å². The van der Waals surface area contributed by atoms with Crippen molar-refractivity contribution in [3.8, 4) is 0 Å². The molecule has 1 unspecified atom stereocenters. The highest BCUT2D eigenvalue weighted by atomic mass is 32.2. The standard InChI is InChI=1S/C21H26N4O3S/c26-18(14-17-19(27)23-21(29-17)25-12-2-1-3-13-25)22-16-8-6-15(7-9-16)20(28)24-10-4-5-11-24/h6-9,17H,1-5,10-14H2,(H,22,26). The normalized spacial score (nSPS) is 22.0. The van der Waals surface area contributed by atoms with Crippen LogP contribution in [0.1, 0.15) is 48.9 Å². The Morgan fingerprint density at radius 3 is 2.34 bits per heavy atom. The molecule has 1 N–H and O–H groups in total. The molecule has 0 saturated carbocycles. The molecule has 3 aliphatic rings. The summed E-state index contributed by atoms with van der Waals surface area (Å²) in [5.41, 5.74) is 1.26. The molecule has 3 amide bonds. The van der Waals surface area contributed by atoms with E-state index in [0.717, 1.165) is 57.0 Å². The van der Waals surface area contributed by atoms with Crippen molar-refractivity contribution in [2.24, 2.45) is 4.99 Å². The molecule has 2 fully saturated rings. The molecule has 4 rings (SSSR count). The van der Waals surface area contributed by atoms with Gasteiger partial charge in [-0.05, 0) is 56.4 Å². The third-order valence-electron chi connectivity index (χ3n) is 5.54. The summed E-state index contributed by atoms with van der Waals surface area (Å²) in [5, 5.41) is 3.13. The van der Waals surface area contributed by atoms with Gasteiger partial charge in [0.25, 0.3) is 11.8 Å². The first-order chi connectivity index (χ1) is 14.1. The highest BCUT2D eigenvalue weighted by Crippen LogP contribution is 2.29. The van der Waals surface area contributed by atoms with Gasteiger partial charge in [0.2, 0.25) is 5.91 Å². The molecule has 7 nitrogen and oxygen atoms in total. The first kappa shape index (κ1) is 19.9. The smallest absolute Gasteiger partial charge is 0.262 e. The maximum Gasteiger partial charge on any atom is 0.262 e. The monoisotopic (exact) mass is 414 g/mol. The first-order valence-corrected chi connectivity index (χ1v) is 11.2. The number of carbonyl (C=O) groups is 3. The third-order valence-corrected chi connectivity index (χ3v) is 6.75. The van der Waals surface area contributed by atoms with Gasteiger partial charge in [0.1, 0.15) is 5.25 Å². The Labute approximate surface area is 174 Å². The quantitative estimate of drug-likeness (QED) is 0.819. The van der Waals surface area contributed by atoms with Crippen molar-refractivity contribution in [3.05, 3.63) is 29.8 Å². The molecule has 154 valence electrons. The Morgan fingerprint density at radius 1 is 1.00 bits per heavy atom. The zero-order chi connectivity index (χ0) is 20.2. The van der Waals surface area contributed by atoms with Gasteiger partial charge in [-0.15, -0.1) is 0 Å². The van der Waals surface area contributed by atoms with E-state index in [0.29, 0.717) is 11.3 Å². The Kier molecular flexibility index (Phi) is 6.18. The second-order valence-corrected chi connectivity index (χ2v) is 8.89. The maximum absolute atomic E-state index is 12.4. The number of piperidine rings is 1. The molecule has 1 aromatic carbocycles. The summed E-state index contributed by atoms with van der Waals surface area (Å²) >= 11 is 1.40. The maximum atomic E-state index is 12.4. The summed E-state index contributed by atoms with van der Waals surface area (Å²) in [7, 11) is 0. The van der Waals surface area contributed by atoms with Crippen LogP contribution in [0.15, 0.2) is 29.3 Å². The van der Waals surface area contributed by atoms with Crippen LogP contribution in [0.25, 0.3) is 0 Å². The second-order valence-electron chi connectivity index (χ2n) is 7.72. The van der Waals surface area contributed by atoms with Gasteiger partial charge >= 0.3 is 0 Å². The van der Waals surface area contributed by atoms with Crippen molar-refractivity contribution in [2.45, 2.75) is 43.8 Å². The fourth-order valence-corrected chi connectivity index (χ4v) is 5.03. The van der Waals surface area contributed by atoms with Crippen molar-refractivity contribution >= 4 is 40.3 Å². The number of likely N-dealkylation sites (tertiary alicyclic amines) is 2. The van der Waals surface area contributed by atoms with E-state index in [1.807, 2.05) is 4.90 Å². The average molecular weight is 415 g/mol. The summed E-state index contributed by atoms with van der Waals surface area (Å²) in [6.45, 7) is 3.48. The summed E-state index contributed by atoms with van der Waals surface area (Å²) in [6.07, 6.45) is 5.67. The van der Waals surface area contributed by atoms with Gasteiger partial charge in [0.05, 0.1) is 0 Å². The van der Waals surface area contributed by atoms with E-state index in [1.54, 1.807) is 24.3 Å². The number of nitrogens with zero attached hydrogens (tertiary/aromatic N) is 3. The highest BCUT2D eigenvalue weighted by molar-refractivity contribution is 8.15. The van der Waals surface area contributed by atoms with Gasteiger partial charge in [0, 0.05) is 43.9 Å². The van der Waals surface area contributed by atoms with Gasteiger partial charge < -0.3 is 15.1 Å². The minimum atomic E-state index is -0.456. The van der Waals surface area contributed by atoms with Crippen LogP contribution in [-0.2, 0) is 9.59 Å². The molecular formula is C21H26N4O3S. The van der Waals surface area contributed by atoms with Crippen LogP contribution in [0.5, 0.6) is 0 Å². The van der Waals surface area contributed by atoms with Crippen molar-refractivity contribution in [1.29, 1.82) is 0 Å². The molecular weight excluding hydrogens is 388 g/mol. The Balaban J connectivity index is 1.28. The summed E-state index contributed by atoms with van der Waals surface area (Å²) in [4.78, 5) is 45.2. The lowest BCUT2D eigenvalue weighted by molar-refractivity contribution is -0.121. The predicted molar refractivity (Wildman–Crippen MR) is 114 cm³/mol. The molecule has 0 radical (unpaired) electrons. The Bertz CT molecular complexity index is 812. The number of benzene rings is 1. The molecule has 0 aromatic heterocycles. The van der Waals surface area contributed by atoms with E-state index < -0.39 is 5.25 Å². The Morgan fingerprint density at radius 2 is 1.66 bits per heavy atom. The van der Waals surface area contributed by atoms with E-state index in [9.17, 15) is 14.4 Å². The third kappa shape index (κ3) is 4.80. The van der Waals surface area contributed by atoms with Crippen LogP contribution < -0.4 is 5.32 Å². The lowest BCUT2D eigenvalue weighted by atomic mass is 10.1. The van der Waals surface area contributed by atoms with Gasteiger partial charge in [-0.25, -0.2) is 0 Å². The van der Waals surface area contributed by atoms with E-state index >= 15 is 0 Å². The van der Waals surface area contributed by atoms with Crippen molar-refractivity contribution < 1.29 is 14.4 Å². The molecule has 0 aliphatic carbocycles. The van der Waals surface area contributed by atoms with Crippen LogP contribution in [-0.4, -0.2) is 64.1 Å². The predicted octanol–water partition coefficient (Wildman–Crippen LogP) is 2.74. The molecule has 1 aromatic rings. The van der Waals surface area contributed by atoms with Gasteiger partial charge in [0.15, 0.2) is 5.17 Å². The second kappa shape index (κ2) is 8.98. The van der Waals surface area contributed by atoms with E-state index in [-0.39, 0.29) is 24.1 Å². The number of carbonyl (C=O) groups excluding carboxylic acids is 3. The molecule has 1 atom stereocenters. The summed E-state index contributed by atoms with van der Waals surface area (Å²) in [6, 6.07) is 6.95. The molecule has 3 heterocycles. The fraction of sp³-hybridized carbons (Fsp3) is 0.524. The number of amidine groups is 1.